The minimum atomic E-state index is -1.03. The molecule has 0 aliphatic heterocycles. The number of ether oxygens (including phenoxy) is 1. The van der Waals surface area contributed by atoms with Crippen molar-refractivity contribution in [1.82, 2.24) is 4.98 Å². The van der Waals surface area contributed by atoms with E-state index in [4.69, 9.17) is 14.3 Å². The lowest BCUT2D eigenvalue weighted by molar-refractivity contribution is -0.139. The molecule has 1 aromatic carbocycles. The van der Waals surface area contributed by atoms with Gasteiger partial charge in [-0.25, -0.2) is 9.78 Å². The van der Waals surface area contributed by atoms with E-state index in [-0.39, 0.29) is 0 Å². The molecule has 88 valence electrons. The van der Waals surface area contributed by atoms with Crippen molar-refractivity contribution >= 4 is 21.9 Å². The molecule has 2 rings (SSSR count). The van der Waals surface area contributed by atoms with Crippen LogP contribution >= 0.6 is 15.9 Å². The second-order valence-corrected chi connectivity index (χ2v) is 4.11. The summed E-state index contributed by atoms with van der Waals surface area (Å²) in [7, 11) is 0. The van der Waals surface area contributed by atoms with Gasteiger partial charge < -0.3 is 14.3 Å². The first-order chi connectivity index (χ1) is 8.16. The Balaban J connectivity index is 2.34. The smallest absolute Gasteiger partial charge is 0.341 e. The third kappa shape index (κ3) is 2.85. The molecule has 0 aliphatic rings. The second-order valence-electron chi connectivity index (χ2n) is 3.20. The fourth-order valence-corrected chi connectivity index (χ4v) is 1.67. The Bertz CT molecular complexity index is 524. The quantitative estimate of drug-likeness (QED) is 0.939. The monoisotopic (exact) mass is 297 g/mol. The van der Waals surface area contributed by atoms with E-state index in [1.807, 2.05) is 0 Å². The van der Waals surface area contributed by atoms with Crippen molar-refractivity contribution in [2.45, 2.75) is 0 Å². The van der Waals surface area contributed by atoms with Crippen LogP contribution in [0, 0.1) is 0 Å². The van der Waals surface area contributed by atoms with Crippen LogP contribution in [0.5, 0.6) is 5.75 Å². The zero-order chi connectivity index (χ0) is 12.3. The van der Waals surface area contributed by atoms with Crippen LogP contribution in [0.1, 0.15) is 0 Å². The molecular formula is C11H8BrNO4. The Morgan fingerprint density at radius 3 is 3.00 bits per heavy atom. The van der Waals surface area contributed by atoms with Crippen LogP contribution in [0.2, 0.25) is 0 Å². The third-order valence-corrected chi connectivity index (χ3v) is 2.49. The normalized spacial score (nSPS) is 10.2. The SMILES string of the molecule is O=C(O)COc1ccc(Br)cc1-c1cocn1. The molecule has 0 amide bonds. The van der Waals surface area contributed by atoms with Gasteiger partial charge in [-0.05, 0) is 18.2 Å². The number of carbonyl (C=O) groups is 1. The van der Waals surface area contributed by atoms with E-state index in [9.17, 15) is 4.79 Å². The van der Waals surface area contributed by atoms with Gasteiger partial charge in [-0.15, -0.1) is 0 Å². The summed E-state index contributed by atoms with van der Waals surface area (Å²) in [5, 5.41) is 8.58. The van der Waals surface area contributed by atoms with Gasteiger partial charge in [0.25, 0.3) is 0 Å². The van der Waals surface area contributed by atoms with Gasteiger partial charge in [0.05, 0.1) is 0 Å². The predicted octanol–water partition coefficient (Wildman–Crippen LogP) is 2.57. The van der Waals surface area contributed by atoms with E-state index in [0.717, 1.165) is 4.47 Å². The topological polar surface area (TPSA) is 72.6 Å². The molecule has 0 atom stereocenters. The molecule has 0 saturated carbocycles. The molecule has 0 bridgehead atoms. The van der Waals surface area contributed by atoms with Crippen molar-refractivity contribution in [3.05, 3.63) is 35.3 Å². The molecule has 2 aromatic rings. The number of carboxylic acid groups (broad SMARTS) is 1. The van der Waals surface area contributed by atoms with Crippen molar-refractivity contribution < 1.29 is 19.1 Å². The molecule has 1 heterocycles. The molecule has 1 N–H and O–H groups in total. The van der Waals surface area contributed by atoms with E-state index in [1.165, 1.54) is 12.7 Å². The van der Waals surface area contributed by atoms with Crippen molar-refractivity contribution in [2.75, 3.05) is 6.61 Å². The summed E-state index contributed by atoms with van der Waals surface area (Å²) in [6.45, 7) is -0.396. The van der Waals surface area contributed by atoms with E-state index < -0.39 is 12.6 Å². The number of aromatic nitrogens is 1. The minimum absolute atomic E-state index is 0.396. The highest BCUT2D eigenvalue weighted by Crippen LogP contribution is 2.31. The molecule has 0 saturated heterocycles. The first-order valence-corrected chi connectivity index (χ1v) is 5.49. The minimum Gasteiger partial charge on any atom is -0.481 e. The first-order valence-electron chi connectivity index (χ1n) is 4.69. The summed E-state index contributed by atoms with van der Waals surface area (Å²) in [5.74, 6) is -0.580. The standard InChI is InChI=1S/C11H8BrNO4/c12-7-1-2-10(17-5-11(14)15)8(3-7)9-4-16-6-13-9/h1-4,6H,5H2,(H,14,15). The molecule has 1 aromatic heterocycles. The van der Waals surface area contributed by atoms with E-state index in [2.05, 4.69) is 20.9 Å². The number of benzene rings is 1. The van der Waals surface area contributed by atoms with Crippen molar-refractivity contribution in [3.8, 4) is 17.0 Å². The number of halogens is 1. The third-order valence-electron chi connectivity index (χ3n) is 2.00. The second kappa shape index (κ2) is 5.01. The number of aliphatic carboxylic acids is 1. The maximum absolute atomic E-state index is 10.5. The number of nitrogens with zero attached hydrogens (tertiary/aromatic N) is 1. The lowest BCUT2D eigenvalue weighted by Crippen LogP contribution is -2.09. The summed E-state index contributed by atoms with van der Waals surface area (Å²) in [6, 6.07) is 5.23. The number of hydrogen-bond acceptors (Lipinski definition) is 4. The van der Waals surface area contributed by atoms with Crippen LogP contribution in [0.25, 0.3) is 11.3 Å². The molecule has 0 fully saturated rings. The molecular weight excluding hydrogens is 290 g/mol. The summed E-state index contributed by atoms with van der Waals surface area (Å²) in [6.07, 6.45) is 2.77. The molecule has 0 unspecified atom stereocenters. The van der Waals surface area contributed by atoms with E-state index >= 15 is 0 Å². The molecule has 5 nitrogen and oxygen atoms in total. The number of oxazole rings is 1. The Kier molecular flexibility index (Phi) is 3.43. The van der Waals surface area contributed by atoms with Gasteiger partial charge in [0.1, 0.15) is 17.7 Å². The maximum Gasteiger partial charge on any atom is 0.341 e. The Morgan fingerprint density at radius 1 is 1.53 bits per heavy atom. The maximum atomic E-state index is 10.5. The van der Waals surface area contributed by atoms with Crippen LogP contribution in [-0.2, 0) is 4.79 Å². The van der Waals surface area contributed by atoms with Gasteiger partial charge in [0.15, 0.2) is 13.0 Å². The summed E-state index contributed by atoms with van der Waals surface area (Å²) >= 11 is 3.33. The van der Waals surface area contributed by atoms with Crippen LogP contribution in [-0.4, -0.2) is 22.7 Å². The highest BCUT2D eigenvalue weighted by atomic mass is 79.9. The molecule has 6 heteroatoms. The van der Waals surface area contributed by atoms with Crippen LogP contribution in [0.15, 0.2) is 39.7 Å². The summed E-state index contributed by atoms with van der Waals surface area (Å²) < 4.78 is 10.9. The van der Waals surface area contributed by atoms with Crippen molar-refractivity contribution in [2.24, 2.45) is 0 Å². The van der Waals surface area contributed by atoms with Gasteiger partial charge in [-0.1, -0.05) is 15.9 Å². The zero-order valence-electron chi connectivity index (χ0n) is 8.59. The number of hydrogen-bond donors (Lipinski definition) is 1. The Hall–Kier alpha value is -1.82. The lowest BCUT2D eigenvalue weighted by Gasteiger charge is -2.08. The highest BCUT2D eigenvalue weighted by Gasteiger charge is 2.11. The Labute approximate surface area is 105 Å². The summed E-state index contributed by atoms with van der Waals surface area (Å²) in [4.78, 5) is 14.5. The van der Waals surface area contributed by atoms with Gasteiger partial charge in [-0.2, -0.15) is 0 Å². The Morgan fingerprint density at radius 2 is 2.35 bits per heavy atom. The molecule has 0 radical (unpaired) electrons. The fourth-order valence-electron chi connectivity index (χ4n) is 1.31. The lowest BCUT2D eigenvalue weighted by atomic mass is 10.1. The molecule has 0 spiro atoms. The van der Waals surface area contributed by atoms with Crippen molar-refractivity contribution in [3.63, 3.8) is 0 Å². The van der Waals surface area contributed by atoms with Crippen LogP contribution in [0.3, 0.4) is 0 Å². The van der Waals surface area contributed by atoms with Crippen LogP contribution in [0.4, 0.5) is 0 Å². The highest BCUT2D eigenvalue weighted by molar-refractivity contribution is 9.10. The first kappa shape index (κ1) is 11.7. The van der Waals surface area contributed by atoms with Gasteiger partial charge in [0.2, 0.25) is 0 Å². The van der Waals surface area contributed by atoms with E-state index in [0.29, 0.717) is 17.0 Å². The predicted molar refractivity (Wildman–Crippen MR) is 62.8 cm³/mol. The zero-order valence-corrected chi connectivity index (χ0v) is 10.2. The molecule has 0 aliphatic carbocycles. The van der Waals surface area contributed by atoms with Gasteiger partial charge in [-0.3, -0.25) is 0 Å². The summed E-state index contributed by atoms with van der Waals surface area (Å²) in [5.41, 5.74) is 1.26. The van der Waals surface area contributed by atoms with Gasteiger partial charge >= 0.3 is 5.97 Å². The van der Waals surface area contributed by atoms with Crippen molar-refractivity contribution in [1.29, 1.82) is 0 Å². The largest absolute Gasteiger partial charge is 0.481 e. The number of rotatable bonds is 4. The number of carboxylic acids is 1. The van der Waals surface area contributed by atoms with Crippen LogP contribution < -0.4 is 4.74 Å². The van der Waals surface area contributed by atoms with Gasteiger partial charge in [0, 0.05) is 10.0 Å². The van der Waals surface area contributed by atoms with E-state index in [1.54, 1.807) is 18.2 Å². The molecule has 17 heavy (non-hydrogen) atoms. The average molecular weight is 298 g/mol. The average Bonchev–Trinajstić information content (AvgIpc) is 2.80. The fraction of sp³-hybridized carbons (Fsp3) is 0.0909.